The minimum Gasteiger partial charge on any atom is -0.383 e. The van der Waals surface area contributed by atoms with Crippen LogP contribution >= 0.6 is 0 Å². The minimum atomic E-state index is -0.109. The van der Waals surface area contributed by atoms with E-state index < -0.39 is 0 Å². The highest BCUT2D eigenvalue weighted by molar-refractivity contribution is 5.99. The van der Waals surface area contributed by atoms with Crippen molar-refractivity contribution in [3.05, 3.63) is 66.7 Å². The van der Waals surface area contributed by atoms with E-state index in [1.54, 1.807) is 4.68 Å². The number of nitrogens with one attached hydrogen (secondary N) is 1. The number of morpholine rings is 1. The summed E-state index contributed by atoms with van der Waals surface area (Å²) in [7, 11) is 0. The average molecular weight is 511 g/mol. The Morgan fingerprint density at radius 3 is 2.32 bits per heavy atom. The number of nitrogens with two attached hydrogens (primary N) is 1. The van der Waals surface area contributed by atoms with Gasteiger partial charge in [0.25, 0.3) is 0 Å². The molecule has 3 N–H and O–H groups in total. The van der Waals surface area contributed by atoms with Gasteiger partial charge in [0, 0.05) is 41.5 Å². The molecule has 0 saturated carbocycles. The normalized spacial score (nSPS) is 14.2. The van der Waals surface area contributed by atoms with Crippen LogP contribution in [0.5, 0.6) is 0 Å². The topological polar surface area (TPSA) is 120 Å². The lowest BCUT2D eigenvalue weighted by molar-refractivity contribution is 0.122. The Bertz CT molecular complexity index is 1560. The van der Waals surface area contributed by atoms with Crippen LogP contribution in [0.1, 0.15) is 26.5 Å². The maximum absolute atomic E-state index is 6.32. The Kier molecular flexibility index (Phi) is 5.96. The van der Waals surface area contributed by atoms with Crippen molar-refractivity contribution < 1.29 is 9.26 Å². The molecule has 1 fully saturated rings. The maximum Gasteiger partial charge on any atom is 0.174 e. The van der Waals surface area contributed by atoms with Crippen LogP contribution in [0.15, 0.2) is 65.4 Å². The van der Waals surface area contributed by atoms with Crippen molar-refractivity contribution in [2.75, 3.05) is 42.3 Å². The fourth-order valence-electron chi connectivity index (χ4n) is 4.53. The number of nitrogen functional groups attached to an aromatic ring is 1. The monoisotopic (exact) mass is 510 g/mol. The second kappa shape index (κ2) is 9.46. The van der Waals surface area contributed by atoms with E-state index >= 15 is 0 Å². The fraction of sp³-hybridized carbons (Fsp3) is 0.286. The maximum atomic E-state index is 6.32. The van der Waals surface area contributed by atoms with E-state index in [-0.39, 0.29) is 5.41 Å². The van der Waals surface area contributed by atoms with E-state index in [9.17, 15) is 0 Å². The molecule has 0 radical (unpaired) electrons. The molecule has 3 aromatic heterocycles. The van der Waals surface area contributed by atoms with Crippen LogP contribution in [-0.4, -0.2) is 51.2 Å². The summed E-state index contributed by atoms with van der Waals surface area (Å²) in [5.41, 5.74) is 11.5. The Balaban J connectivity index is 1.30. The smallest absolute Gasteiger partial charge is 0.174 e. The number of benzene rings is 2. The lowest BCUT2D eigenvalue weighted by Gasteiger charge is -2.28. The highest BCUT2D eigenvalue weighted by Gasteiger charge is 2.21. The third-order valence-corrected chi connectivity index (χ3v) is 6.64. The van der Waals surface area contributed by atoms with E-state index in [4.69, 9.17) is 20.1 Å². The first-order chi connectivity index (χ1) is 18.4. The standard InChI is InChI=1S/C28H30N8O2/c1-28(2,3)22-16-23(34-38-22)32-19-6-10-21(11-7-19)36-27-24(26(29)30-17-31-27)25(33-36)18-4-8-20(9-5-18)35-12-14-37-15-13-35/h4-11,16-17H,12-15H2,1-3H3,(H,32,34)(H2,29,30,31). The number of rotatable bonds is 5. The van der Waals surface area contributed by atoms with Gasteiger partial charge in [-0.3, -0.25) is 0 Å². The molecular weight excluding hydrogens is 480 g/mol. The lowest BCUT2D eigenvalue weighted by atomic mass is 9.93. The summed E-state index contributed by atoms with van der Waals surface area (Å²) in [4.78, 5) is 11.1. The molecule has 10 heteroatoms. The SMILES string of the molecule is CC(C)(C)c1cc(Nc2ccc(-n3nc(-c4ccc(N5CCOCC5)cc4)c4c(N)ncnc43)cc2)no1. The molecule has 10 nitrogen and oxygen atoms in total. The third kappa shape index (κ3) is 4.54. The number of nitrogens with zero attached hydrogens (tertiary/aromatic N) is 6. The number of ether oxygens (including phenoxy) is 1. The minimum absolute atomic E-state index is 0.109. The van der Waals surface area contributed by atoms with Crippen LogP contribution < -0.4 is 16.0 Å². The number of fused-ring (bicyclic) bond motifs is 1. The Morgan fingerprint density at radius 2 is 1.63 bits per heavy atom. The van der Waals surface area contributed by atoms with Crippen LogP contribution in [-0.2, 0) is 10.2 Å². The largest absolute Gasteiger partial charge is 0.383 e. The van der Waals surface area contributed by atoms with Gasteiger partial charge < -0.3 is 25.2 Å². The van der Waals surface area contributed by atoms with Gasteiger partial charge >= 0.3 is 0 Å². The van der Waals surface area contributed by atoms with Gasteiger partial charge in [0.1, 0.15) is 23.6 Å². The number of hydrogen-bond donors (Lipinski definition) is 2. The molecule has 0 amide bonds. The first-order valence-electron chi connectivity index (χ1n) is 12.6. The molecule has 38 heavy (non-hydrogen) atoms. The zero-order valence-electron chi connectivity index (χ0n) is 21.7. The van der Waals surface area contributed by atoms with Crippen LogP contribution in [0.4, 0.5) is 23.0 Å². The van der Waals surface area contributed by atoms with Gasteiger partial charge in [-0.2, -0.15) is 5.10 Å². The van der Waals surface area contributed by atoms with E-state index in [2.05, 4.69) is 70.4 Å². The van der Waals surface area contributed by atoms with Crippen LogP contribution in [0.2, 0.25) is 0 Å². The molecule has 5 aromatic rings. The summed E-state index contributed by atoms with van der Waals surface area (Å²) in [6.45, 7) is 9.52. The number of anilines is 4. The van der Waals surface area contributed by atoms with Gasteiger partial charge in [0.2, 0.25) is 0 Å². The van der Waals surface area contributed by atoms with Crippen molar-refractivity contribution in [3.63, 3.8) is 0 Å². The average Bonchev–Trinajstić information content (AvgIpc) is 3.56. The molecule has 0 atom stereocenters. The van der Waals surface area contributed by atoms with Crippen LogP contribution in [0.25, 0.3) is 28.0 Å². The Hall–Kier alpha value is -4.44. The predicted octanol–water partition coefficient (Wildman–Crippen LogP) is 4.93. The van der Waals surface area contributed by atoms with Gasteiger partial charge in [-0.15, -0.1) is 0 Å². The van der Waals surface area contributed by atoms with Gasteiger partial charge in [-0.1, -0.05) is 38.1 Å². The van der Waals surface area contributed by atoms with E-state index in [1.807, 2.05) is 30.3 Å². The fourth-order valence-corrected chi connectivity index (χ4v) is 4.53. The summed E-state index contributed by atoms with van der Waals surface area (Å²) in [5, 5.41) is 13.1. The molecule has 0 unspecified atom stereocenters. The zero-order valence-corrected chi connectivity index (χ0v) is 21.7. The predicted molar refractivity (Wildman–Crippen MR) is 148 cm³/mol. The van der Waals surface area contributed by atoms with Crippen molar-refractivity contribution in [1.29, 1.82) is 0 Å². The quantitative estimate of drug-likeness (QED) is 0.339. The highest BCUT2D eigenvalue weighted by Crippen LogP contribution is 2.33. The van der Waals surface area contributed by atoms with Gasteiger partial charge in [0.05, 0.1) is 24.3 Å². The first kappa shape index (κ1) is 23.9. The zero-order chi connectivity index (χ0) is 26.3. The number of hydrogen-bond acceptors (Lipinski definition) is 9. The van der Waals surface area contributed by atoms with Gasteiger partial charge in [0.15, 0.2) is 11.5 Å². The molecule has 4 heterocycles. The summed E-state index contributed by atoms with van der Waals surface area (Å²) < 4.78 is 12.8. The molecular formula is C28H30N8O2. The number of aromatic nitrogens is 5. The molecule has 194 valence electrons. The van der Waals surface area contributed by atoms with E-state index in [0.717, 1.165) is 65.8 Å². The van der Waals surface area contributed by atoms with E-state index in [1.165, 1.54) is 6.33 Å². The van der Waals surface area contributed by atoms with Crippen LogP contribution in [0, 0.1) is 0 Å². The summed E-state index contributed by atoms with van der Waals surface area (Å²) in [6.07, 6.45) is 1.47. The molecule has 0 spiro atoms. The Morgan fingerprint density at radius 1 is 0.921 bits per heavy atom. The molecule has 0 aliphatic carbocycles. The molecule has 6 rings (SSSR count). The Labute approximate surface area is 220 Å². The van der Waals surface area contributed by atoms with Crippen molar-refractivity contribution in [3.8, 4) is 16.9 Å². The van der Waals surface area contributed by atoms with Crippen molar-refractivity contribution >= 4 is 34.0 Å². The molecule has 1 aliphatic heterocycles. The van der Waals surface area contributed by atoms with E-state index in [0.29, 0.717) is 17.3 Å². The summed E-state index contributed by atoms with van der Waals surface area (Å²) in [6, 6.07) is 18.2. The van der Waals surface area contributed by atoms with Crippen LogP contribution in [0.3, 0.4) is 0 Å². The first-order valence-corrected chi connectivity index (χ1v) is 12.6. The van der Waals surface area contributed by atoms with Gasteiger partial charge in [-0.25, -0.2) is 14.6 Å². The summed E-state index contributed by atoms with van der Waals surface area (Å²) >= 11 is 0. The molecule has 1 saturated heterocycles. The van der Waals surface area contributed by atoms with Crippen molar-refractivity contribution in [2.24, 2.45) is 0 Å². The molecule has 2 aromatic carbocycles. The lowest BCUT2D eigenvalue weighted by Crippen LogP contribution is -2.36. The van der Waals surface area contributed by atoms with Crippen molar-refractivity contribution in [1.82, 2.24) is 24.9 Å². The summed E-state index contributed by atoms with van der Waals surface area (Å²) in [5.74, 6) is 1.88. The third-order valence-electron chi connectivity index (χ3n) is 6.64. The van der Waals surface area contributed by atoms with Gasteiger partial charge in [-0.05, 0) is 36.4 Å². The molecule has 1 aliphatic rings. The molecule has 0 bridgehead atoms. The van der Waals surface area contributed by atoms with Crippen molar-refractivity contribution in [2.45, 2.75) is 26.2 Å². The highest BCUT2D eigenvalue weighted by atomic mass is 16.5. The second-order valence-corrected chi connectivity index (χ2v) is 10.4. The second-order valence-electron chi connectivity index (χ2n) is 10.4.